The molecule has 1 fully saturated rings. The van der Waals surface area contributed by atoms with E-state index in [0.717, 1.165) is 21.6 Å². The molecule has 0 bridgehead atoms. The van der Waals surface area contributed by atoms with Crippen LogP contribution in [0.4, 0.5) is 0 Å². The molecule has 0 unspecified atom stereocenters. The standard InChI is InChI=1S/C18H29N3O3S/c1-13-11-14(2)17(15(3)12-13)25(23,24)21-9-7-20(8-10-21)16(4)18(22)19(5)6/h11-12,16H,7-10H2,1-6H3/p+1/t16-/m0/s1. The number of nitrogens with one attached hydrogen (secondary N) is 1. The van der Waals surface area contributed by atoms with Gasteiger partial charge >= 0.3 is 0 Å². The van der Waals surface area contributed by atoms with Gasteiger partial charge in [-0.2, -0.15) is 4.31 Å². The molecule has 1 aromatic carbocycles. The number of benzene rings is 1. The van der Waals surface area contributed by atoms with E-state index in [1.54, 1.807) is 23.3 Å². The fourth-order valence-electron chi connectivity index (χ4n) is 3.71. The first kappa shape index (κ1) is 19.9. The zero-order chi connectivity index (χ0) is 18.9. The first-order chi connectivity index (χ1) is 11.6. The number of rotatable bonds is 4. The number of aryl methyl sites for hydroxylation is 3. The number of likely N-dealkylation sites (N-methyl/N-ethyl adjacent to an activating group) is 1. The number of hydrogen-bond donors (Lipinski definition) is 1. The molecule has 6 nitrogen and oxygen atoms in total. The molecule has 1 saturated heterocycles. The van der Waals surface area contributed by atoms with E-state index in [9.17, 15) is 13.2 Å². The Hall–Kier alpha value is -1.44. The average molecular weight is 369 g/mol. The number of nitrogens with zero attached hydrogens (tertiary/aromatic N) is 2. The molecule has 0 spiro atoms. The molecule has 1 heterocycles. The summed E-state index contributed by atoms with van der Waals surface area (Å²) in [5.41, 5.74) is 2.66. The van der Waals surface area contributed by atoms with Gasteiger partial charge in [-0.25, -0.2) is 8.42 Å². The van der Waals surface area contributed by atoms with E-state index in [4.69, 9.17) is 0 Å². The zero-order valence-corrected chi connectivity index (χ0v) is 16.9. The Morgan fingerprint density at radius 2 is 1.60 bits per heavy atom. The van der Waals surface area contributed by atoms with Crippen LogP contribution in [0.25, 0.3) is 0 Å². The predicted molar refractivity (Wildman–Crippen MR) is 98.3 cm³/mol. The lowest BCUT2D eigenvalue weighted by molar-refractivity contribution is -0.917. The van der Waals surface area contributed by atoms with Crippen molar-refractivity contribution >= 4 is 15.9 Å². The highest BCUT2D eigenvalue weighted by molar-refractivity contribution is 7.89. The number of hydrogen-bond acceptors (Lipinski definition) is 3. The van der Waals surface area contributed by atoms with Gasteiger partial charge in [0.05, 0.1) is 31.1 Å². The third kappa shape index (κ3) is 4.04. The highest BCUT2D eigenvalue weighted by Gasteiger charge is 2.35. The smallest absolute Gasteiger partial charge is 0.280 e. The van der Waals surface area contributed by atoms with Gasteiger partial charge in [0.15, 0.2) is 6.04 Å². The minimum atomic E-state index is -3.50. The van der Waals surface area contributed by atoms with Gasteiger partial charge in [-0.15, -0.1) is 0 Å². The van der Waals surface area contributed by atoms with E-state index in [1.807, 2.05) is 39.8 Å². The molecule has 0 saturated carbocycles. The number of carbonyl (C=O) groups is 1. The second-order valence-corrected chi connectivity index (χ2v) is 9.12. The summed E-state index contributed by atoms with van der Waals surface area (Å²) in [6, 6.07) is 3.68. The van der Waals surface area contributed by atoms with Crippen LogP contribution < -0.4 is 4.90 Å². The lowest BCUT2D eigenvalue weighted by atomic mass is 10.1. The molecule has 7 heteroatoms. The number of sulfonamides is 1. The molecular formula is C18H30N3O3S+. The van der Waals surface area contributed by atoms with E-state index in [-0.39, 0.29) is 11.9 Å². The Bertz CT molecular complexity index is 728. The van der Waals surface area contributed by atoms with Crippen LogP contribution in [0.15, 0.2) is 17.0 Å². The quantitative estimate of drug-likeness (QED) is 0.812. The van der Waals surface area contributed by atoms with Crippen molar-refractivity contribution in [2.45, 2.75) is 38.6 Å². The Balaban J connectivity index is 2.16. The Labute approximate surface area is 151 Å². The minimum absolute atomic E-state index is 0.0801. The van der Waals surface area contributed by atoms with Crippen molar-refractivity contribution in [3.05, 3.63) is 28.8 Å². The monoisotopic (exact) mass is 368 g/mol. The van der Waals surface area contributed by atoms with Crippen LogP contribution in [0, 0.1) is 20.8 Å². The first-order valence-electron chi connectivity index (χ1n) is 8.69. The summed E-state index contributed by atoms with van der Waals surface area (Å²) in [6.07, 6.45) is 0. The van der Waals surface area contributed by atoms with Crippen molar-refractivity contribution in [1.82, 2.24) is 9.21 Å². The molecule has 25 heavy (non-hydrogen) atoms. The molecule has 1 amide bonds. The fraction of sp³-hybridized carbons (Fsp3) is 0.611. The molecule has 1 N–H and O–H groups in total. The maximum atomic E-state index is 13.1. The average Bonchev–Trinajstić information content (AvgIpc) is 2.52. The summed E-state index contributed by atoms with van der Waals surface area (Å²) < 4.78 is 27.8. The van der Waals surface area contributed by atoms with Crippen molar-refractivity contribution in [3.8, 4) is 0 Å². The molecule has 2 rings (SSSR count). The second-order valence-electron chi connectivity index (χ2n) is 7.24. The summed E-state index contributed by atoms with van der Waals surface area (Å²) in [6.45, 7) is 9.76. The van der Waals surface area contributed by atoms with Crippen LogP contribution in [-0.2, 0) is 14.8 Å². The van der Waals surface area contributed by atoms with Crippen molar-refractivity contribution in [3.63, 3.8) is 0 Å². The van der Waals surface area contributed by atoms with E-state index >= 15 is 0 Å². The maximum absolute atomic E-state index is 13.1. The van der Waals surface area contributed by atoms with Crippen molar-refractivity contribution in [2.24, 2.45) is 0 Å². The maximum Gasteiger partial charge on any atom is 0.280 e. The van der Waals surface area contributed by atoms with Gasteiger partial charge in [0.1, 0.15) is 0 Å². The summed E-state index contributed by atoms with van der Waals surface area (Å²) >= 11 is 0. The van der Waals surface area contributed by atoms with Gasteiger partial charge in [-0.3, -0.25) is 4.79 Å². The van der Waals surface area contributed by atoms with E-state index in [0.29, 0.717) is 31.1 Å². The van der Waals surface area contributed by atoms with Crippen molar-refractivity contribution in [2.75, 3.05) is 40.3 Å². The summed E-state index contributed by atoms with van der Waals surface area (Å²) in [5.74, 6) is 0.0801. The van der Waals surface area contributed by atoms with E-state index < -0.39 is 10.0 Å². The number of piperazine rings is 1. The van der Waals surface area contributed by atoms with Crippen LogP contribution in [0.1, 0.15) is 23.6 Å². The third-order valence-electron chi connectivity index (χ3n) is 4.99. The molecule has 140 valence electrons. The van der Waals surface area contributed by atoms with Gasteiger partial charge in [0.2, 0.25) is 10.0 Å². The SMILES string of the molecule is Cc1cc(C)c(S(=O)(=O)N2CC[NH+]([C@@H](C)C(=O)N(C)C)CC2)c(C)c1. The van der Waals surface area contributed by atoms with Crippen LogP contribution >= 0.6 is 0 Å². The van der Waals surface area contributed by atoms with E-state index in [2.05, 4.69) is 0 Å². The van der Waals surface area contributed by atoms with Crippen LogP contribution in [-0.4, -0.2) is 69.8 Å². The highest BCUT2D eigenvalue weighted by atomic mass is 32.2. The Morgan fingerprint density at radius 1 is 1.12 bits per heavy atom. The molecule has 1 atom stereocenters. The topological polar surface area (TPSA) is 62.1 Å². The van der Waals surface area contributed by atoms with Gasteiger partial charge in [0, 0.05) is 14.1 Å². The molecule has 1 aliphatic heterocycles. The first-order valence-corrected chi connectivity index (χ1v) is 10.1. The second kappa shape index (κ2) is 7.43. The third-order valence-corrected chi connectivity index (χ3v) is 7.20. The molecule has 1 aliphatic rings. The molecule has 0 radical (unpaired) electrons. The molecule has 1 aromatic rings. The number of quaternary nitrogens is 1. The fourth-order valence-corrected chi connectivity index (χ4v) is 5.56. The zero-order valence-electron chi connectivity index (χ0n) is 16.1. The lowest BCUT2D eigenvalue weighted by Crippen LogP contribution is -3.19. The predicted octanol–water partition coefficient (Wildman–Crippen LogP) is -0.0222. The van der Waals surface area contributed by atoms with Crippen molar-refractivity contribution < 1.29 is 18.1 Å². The van der Waals surface area contributed by atoms with Gasteiger partial charge in [-0.05, 0) is 38.8 Å². The number of carbonyl (C=O) groups excluding carboxylic acids is 1. The van der Waals surface area contributed by atoms with Crippen LogP contribution in [0.3, 0.4) is 0 Å². The van der Waals surface area contributed by atoms with Gasteiger partial charge in [0.25, 0.3) is 5.91 Å². The normalized spacial score (nSPS) is 18.2. The highest BCUT2D eigenvalue weighted by Crippen LogP contribution is 2.25. The van der Waals surface area contributed by atoms with Crippen molar-refractivity contribution in [1.29, 1.82) is 0 Å². The molecule has 0 aliphatic carbocycles. The van der Waals surface area contributed by atoms with Gasteiger partial charge < -0.3 is 9.80 Å². The lowest BCUT2D eigenvalue weighted by Gasteiger charge is -2.35. The Kier molecular flexibility index (Phi) is 5.91. The van der Waals surface area contributed by atoms with E-state index in [1.165, 1.54) is 0 Å². The summed E-state index contributed by atoms with van der Waals surface area (Å²) in [5, 5.41) is 0. The minimum Gasteiger partial charge on any atom is -0.344 e. The molecular weight excluding hydrogens is 338 g/mol. The largest absolute Gasteiger partial charge is 0.344 e. The van der Waals surface area contributed by atoms with Gasteiger partial charge in [-0.1, -0.05) is 17.7 Å². The Morgan fingerprint density at radius 3 is 2.04 bits per heavy atom. The summed E-state index contributed by atoms with van der Waals surface area (Å²) in [4.78, 5) is 15.3. The molecule has 0 aromatic heterocycles. The van der Waals surface area contributed by atoms with Crippen LogP contribution in [0.2, 0.25) is 0 Å². The van der Waals surface area contributed by atoms with Crippen LogP contribution in [0.5, 0.6) is 0 Å². The summed E-state index contributed by atoms with van der Waals surface area (Å²) in [7, 11) is 0.00264. The number of amides is 1.